The van der Waals surface area contributed by atoms with Crippen LogP contribution in [0.15, 0.2) is 85.8 Å². The molecular weight excluding hydrogens is 490 g/mol. The Morgan fingerprint density at radius 1 is 0.923 bits per heavy atom. The predicted octanol–water partition coefficient (Wildman–Crippen LogP) is 4.00. The maximum Gasteiger partial charge on any atom is 0.255 e. The lowest BCUT2D eigenvalue weighted by Crippen LogP contribution is -2.43. The lowest BCUT2D eigenvalue weighted by molar-refractivity contribution is 0.102. The molecule has 0 aliphatic carbocycles. The fourth-order valence-electron chi connectivity index (χ4n) is 5.03. The van der Waals surface area contributed by atoms with Crippen molar-refractivity contribution >= 4 is 34.0 Å². The van der Waals surface area contributed by atoms with Crippen LogP contribution in [0.25, 0.3) is 38.8 Å². The summed E-state index contributed by atoms with van der Waals surface area (Å²) in [4.78, 5) is 31.9. The van der Waals surface area contributed by atoms with Gasteiger partial charge in [0.15, 0.2) is 0 Å². The smallest absolute Gasteiger partial charge is 0.255 e. The number of rotatable bonds is 5. The number of fused-ring (bicyclic) bond motifs is 2. The molecule has 7 heterocycles. The van der Waals surface area contributed by atoms with Crippen molar-refractivity contribution in [3.8, 4) is 22.3 Å². The summed E-state index contributed by atoms with van der Waals surface area (Å²) >= 11 is 0. The van der Waals surface area contributed by atoms with E-state index < -0.39 is 0 Å². The summed E-state index contributed by atoms with van der Waals surface area (Å²) in [6.45, 7) is 3.54. The van der Waals surface area contributed by atoms with Gasteiger partial charge in [-0.3, -0.25) is 9.78 Å². The van der Waals surface area contributed by atoms with Crippen LogP contribution in [0.5, 0.6) is 0 Å². The predicted molar refractivity (Wildman–Crippen MR) is 151 cm³/mol. The van der Waals surface area contributed by atoms with E-state index in [0.717, 1.165) is 70.8 Å². The number of amides is 1. The molecule has 10 nitrogen and oxygen atoms in total. The molecule has 0 atom stereocenters. The number of anilines is 2. The van der Waals surface area contributed by atoms with E-state index in [1.54, 1.807) is 24.7 Å². The number of nitrogens with one attached hydrogen (secondary N) is 3. The summed E-state index contributed by atoms with van der Waals surface area (Å²) in [5, 5.41) is 11.8. The maximum absolute atomic E-state index is 13.1. The molecular formula is C29H25N9O. The first kappa shape index (κ1) is 23.1. The number of carbonyl (C=O) groups excluding carboxylic acids is 1. The number of pyridine rings is 4. The zero-order chi connectivity index (χ0) is 26.2. The second-order valence-corrected chi connectivity index (χ2v) is 9.46. The van der Waals surface area contributed by atoms with Gasteiger partial charge in [0.25, 0.3) is 5.91 Å². The summed E-state index contributed by atoms with van der Waals surface area (Å²) in [7, 11) is 0. The highest BCUT2D eigenvalue weighted by atomic mass is 16.1. The average molecular weight is 516 g/mol. The van der Waals surface area contributed by atoms with E-state index in [9.17, 15) is 4.79 Å². The number of carbonyl (C=O) groups is 1. The topological polar surface area (TPSA) is 116 Å². The highest BCUT2D eigenvalue weighted by Gasteiger charge is 2.16. The summed E-state index contributed by atoms with van der Waals surface area (Å²) < 4.78 is 1.86. The minimum atomic E-state index is -0.200. The second kappa shape index (κ2) is 9.66. The number of piperazine rings is 1. The van der Waals surface area contributed by atoms with Crippen molar-refractivity contribution in [1.29, 1.82) is 0 Å². The molecule has 0 aromatic carbocycles. The third kappa shape index (κ3) is 4.36. The summed E-state index contributed by atoms with van der Waals surface area (Å²) in [6.07, 6.45) is 12.7. The number of H-pyrrole nitrogens is 1. The fourth-order valence-corrected chi connectivity index (χ4v) is 5.03. The molecule has 1 fully saturated rings. The van der Waals surface area contributed by atoms with Gasteiger partial charge in [0.1, 0.15) is 11.5 Å². The molecule has 6 aromatic heterocycles. The van der Waals surface area contributed by atoms with Crippen molar-refractivity contribution in [2.75, 3.05) is 36.4 Å². The molecule has 10 heteroatoms. The molecule has 0 bridgehead atoms. The first-order chi connectivity index (χ1) is 19.2. The largest absolute Gasteiger partial charge is 0.354 e. The van der Waals surface area contributed by atoms with E-state index in [-0.39, 0.29) is 5.91 Å². The molecule has 0 saturated carbocycles. The molecule has 1 amide bonds. The van der Waals surface area contributed by atoms with Crippen LogP contribution < -0.4 is 15.5 Å². The van der Waals surface area contributed by atoms with Crippen LogP contribution >= 0.6 is 0 Å². The average Bonchev–Trinajstić information content (AvgIpc) is 3.62. The Bertz CT molecular complexity index is 1800. The second-order valence-electron chi connectivity index (χ2n) is 9.46. The highest BCUT2D eigenvalue weighted by molar-refractivity contribution is 6.06. The van der Waals surface area contributed by atoms with Crippen LogP contribution in [-0.2, 0) is 0 Å². The fraction of sp³-hybridized carbons (Fsp3) is 0.138. The van der Waals surface area contributed by atoms with Gasteiger partial charge in [-0.05, 0) is 42.0 Å². The summed E-state index contributed by atoms with van der Waals surface area (Å²) in [5.41, 5.74) is 6.91. The van der Waals surface area contributed by atoms with Crippen molar-refractivity contribution < 1.29 is 4.79 Å². The van der Waals surface area contributed by atoms with Gasteiger partial charge < -0.3 is 20.5 Å². The number of nitrogens with zero attached hydrogens (tertiary/aromatic N) is 6. The number of hydrogen-bond acceptors (Lipinski definition) is 7. The van der Waals surface area contributed by atoms with E-state index in [2.05, 4.69) is 46.6 Å². The molecule has 192 valence electrons. The van der Waals surface area contributed by atoms with E-state index >= 15 is 0 Å². The molecule has 0 spiro atoms. The molecule has 7 rings (SSSR count). The molecule has 1 saturated heterocycles. The molecule has 1 aliphatic rings. The van der Waals surface area contributed by atoms with Crippen LogP contribution in [-0.4, -0.2) is 61.6 Å². The first-order valence-corrected chi connectivity index (χ1v) is 12.8. The highest BCUT2D eigenvalue weighted by Crippen LogP contribution is 2.32. The maximum atomic E-state index is 13.1. The Balaban J connectivity index is 1.19. The normalized spacial score (nSPS) is 13.7. The minimum absolute atomic E-state index is 0.200. The third-order valence-electron chi connectivity index (χ3n) is 7.04. The van der Waals surface area contributed by atoms with Crippen LogP contribution in [0, 0.1) is 0 Å². The minimum Gasteiger partial charge on any atom is -0.354 e. The van der Waals surface area contributed by atoms with Crippen molar-refractivity contribution in [2.45, 2.75) is 0 Å². The van der Waals surface area contributed by atoms with E-state index in [0.29, 0.717) is 11.3 Å². The van der Waals surface area contributed by atoms with Crippen LogP contribution in [0.2, 0.25) is 0 Å². The monoisotopic (exact) mass is 515 g/mol. The molecule has 1 aliphatic heterocycles. The lowest BCUT2D eigenvalue weighted by atomic mass is 10.0. The molecule has 0 unspecified atom stereocenters. The van der Waals surface area contributed by atoms with Crippen molar-refractivity contribution in [1.82, 2.24) is 34.9 Å². The van der Waals surface area contributed by atoms with Gasteiger partial charge in [0, 0.05) is 84.8 Å². The van der Waals surface area contributed by atoms with Crippen molar-refractivity contribution in [3.63, 3.8) is 0 Å². The van der Waals surface area contributed by atoms with Crippen LogP contribution in [0.1, 0.15) is 10.4 Å². The van der Waals surface area contributed by atoms with Gasteiger partial charge in [-0.1, -0.05) is 6.07 Å². The van der Waals surface area contributed by atoms with E-state index in [1.165, 1.54) is 0 Å². The zero-order valence-electron chi connectivity index (χ0n) is 21.0. The SMILES string of the molecule is O=C(Nc1cnc2[nH]cc(-c3ccn4ncc(-c5cccnc5)c4c3)c2c1)c1ccnc(N2CCNCC2)c1. The number of aromatic amines is 1. The van der Waals surface area contributed by atoms with Gasteiger partial charge in [0.2, 0.25) is 0 Å². The van der Waals surface area contributed by atoms with Crippen LogP contribution in [0.4, 0.5) is 11.5 Å². The Kier molecular flexibility index (Phi) is 5.71. The van der Waals surface area contributed by atoms with Gasteiger partial charge in [0.05, 0.1) is 23.6 Å². The number of hydrogen-bond donors (Lipinski definition) is 3. The third-order valence-corrected chi connectivity index (χ3v) is 7.04. The summed E-state index contributed by atoms with van der Waals surface area (Å²) in [5.74, 6) is 0.611. The first-order valence-electron chi connectivity index (χ1n) is 12.8. The number of aromatic nitrogens is 6. The Morgan fingerprint density at radius 3 is 2.72 bits per heavy atom. The zero-order valence-corrected chi connectivity index (χ0v) is 21.0. The van der Waals surface area contributed by atoms with E-state index in [1.807, 2.05) is 59.6 Å². The van der Waals surface area contributed by atoms with Crippen LogP contribution in [0.3, 0.4) is 0 Å². The van der Waals surface area contributed by atoms with Gasteiger partial charge in [-0.25, -0.2) is 14.5 Å². The quantitative estimate of drug-likeness (QED) is 0.318. The van der Waals surface area contributed by atoms with E-state index in [4.69, 9.17) is 0 Å². The van der Waals surface area contributed by atoms with Gasteiger partial charge >= 0.3 is 0 Å². The Morgan fingerprint density at radius 2 is 1.85 bits per heavy atom. The standard InChI is InChI=1S/C29H25N9O/c39-29(20-3-6-32-27(13-20)37-10-7-30-8-11-37)36-22-14-23-24(17-34-28(23)33-16-22)19-4-9-38-26(12-19)25(18-35-38)21-2-1-5-31-15-21/h1-6,9,12-18,30H,7-8,10-11H2,(H,33,34)(H,36,39). The Labute approximate surface area is 223 Å². The molecule has 6 aromatic rings. The molecule has 39 heavy (non-hydrogen) atoms. The van der Waals surface area contributed by atoms with Crippen molar-refractivity contribution in [2.24, 2.45) is 0 Å². The van der Waals surface area contributed by atoms with Gasteiger partial charge in [-0.15, -0.1) is 0 Å². The van der Waals surface area contributed by atoms with Gasteiger partial charge in [-0.2, -0.15) is 5.10 Å². The summed E-state index contributed by atoms with van der Waals surface area (Å²) in [6, 6.07) is 13.6. The Hall–Kier alpha value is -5.09. The lowest BCUT2D eigenvalue weighted by Gasteiger charge is -2.28. The molecule has 3 N–H and O–H groups in total. The molecule has 0 radical (unpaired) electrons. The van der Waals surface area contributed by atoms with Crippen molar-refractivity contribution in [3.05, 3.63) is 91.4 Å².